The van der Waals surface area contributed by atoms with Gasteiger partial charge in [-0.2, -0.15) is 0 Å². The second-order valence-electron chi connectivity index (χ2n) is 8.65. The first-order chi connectivity index (χ1) is 16.6. The highest BCUT2D eigenvalue weighted by molar-refractivity contribution is 7.98. The molecule has 0 bridgehead atoms. The smallest absolute Gasteiger partial charge is 0.255 e. The van der Waals surface area contributed by atoms with Crippen LogP contribution in [0.2, 0.25) is 0 Å². The minimum Gasteiger partial charge on any atom is -0.361 e. The van der Waals surface area contributed by atoms with Crippen molar-refractivity contribution >= 4 is 28.6 Å². The Balaban J connectivity index is 1.23. The van der Waals surface area contributed by atoms with E-state index in [-0.39, 0.29) is 5.91 Å². The van der Waals surface area contributed by atoms with E-state index in [1.165, 1.54) is 10.9 Å². The van der Waals surface area contributed by atoms with Crippen LogP contribution in [-0.4, -0.2) is 52.0 Å². The first kappa shape index (κ1) is 22.6. The maximum atomic E-state index is 13.4. The van der Waals surface area contributed by atoms with E-state index in [1.807, 2.05) is 55.3 Å². The average molecular weight is 473 g/mol. The molecule has 0 N–H and O–H groups in total. The van der Waals surface area contributed by atoms with Gasteiger partial charge in [-0.25, -0.2) is 0 Å². The van der Waals surface area contributed by atoms with Gasteiger partial charge in [-0.05, 0) is 37.6 Å². The molecule has 0 saturated carbocycles. The minimum atomic E-state index is 0.105. The number of nitrogens with zero attached hydrogens (tertiary/aromatic N) is 4. The van der Waals surface area contributed by atoms with Crippen LogP contribution in [0.5, 0.6) is 0 Å². The number of carbonyl (C=O) groups excluding carboxylic acids is 1. The van der Waals surface area contributed by atoms with Crippen molar-refractivity contribution in [3.8, 4) is 0 Å². The third-order valence-corrected chi connectivity index (χ3v) is 7.54. The van der Waals surface area contributed by atoms with Gasteiger partial charge >= 0.3 is 0 Å². The van der Waals surface area contributed by atoms with E-state index in [0.29, 0.717) is 0 Å². The number of aromatic nitrogens is 2. The summed E-state index contributed by atoms with van der Waals surface area (Å²) in [5.74, 6) is 1.68. The fourth-order valence-electron chi connectivity index (χ4n) is 4.44. The summed E-state index contributed by atoms with van der Waals surface area (Å²) >= 11 is 1.66. The molecule has 1 amide bonds. The molecule has 1 aliphatic heterocycles. The molecule has 5 rings (SSSR count). The summed E-state index contributed by atoms with van der Waals surface area (Å²) < 4.78 is 5.29. The third kappa shape index (κ3) is 4.72. The Morgan fingerprint density at radius 1 is 1.00 bits per heavy atom. The highest BCUT2D eigenvalue weighted by atomic mass is 32.2. The van der Waals surface area contributed by atoms with Crippen LogP contribution < -0.4 is 0 Å². The molecule has 0 radical (unpaired) electrons. The second-order valence-corrected chi connectivity index (χ2v) is 9.67. The first-order valence-electron chi connectivity index (χ1n) is 11.6. The molecule has 2 aromatic heterocycles. The first-order valence-corrected chi connectivity index (χ1v) is 12.6. The lowest BCUT2D eigenvalue weighted by Gasteiger charge is -2.35. The number of pyridine rings is 1. The van der Waals surface area contributed by atoms with Gasteiger partial charge in [0.05, 0.1) is 16.8 Å². The molecular weight excluding hydrogens is 444 g/mol. The molecule has 1 saturated heterocycles. The van der Waals surface area contributed by atoms with Crippen LogP contribution in [0.4, 0.5) is 0 Å². The summed E-state index contributed by atoms with van der Waals surface area (Å²) in [6, 6.07) is 18.3. The van der Waals surface area contributed by atoms with Gasteiger partial charge in [-0.3, -0.25) is 14.7 Å². The number of fused-ring (bicyclic) bond motifs is 1. The SMILES string of the molecule is Cc1noc(C)c1CSc1ccccc1C(=O)N1CCN(Cc2cccc3cccnc23)CC1. The van der Waals surface area contributed by atoms with Gasteiger partial charge in [0.25, 0.3) is 5.91 Å². The lowest BCUT2D eigenvalue weighted by atomic mass is 10.1. The number of rotatable bonds is 6. The van der Waals surface area contributed by atoms with E-state index in [1.54, 1.807) is 11.8 Å². The van der Waals surface area contributed by atoms with Gasteiger partial charge in [0.15, 0.2) is 0 Å². The van der Waals surface area contributed by atoms with E-state index in [0.717, 1.165) is 71.5 Å². The second kappa shape index (κ2) is 9.99. The fraction of sp³-hybridized carbons (Fsp3) is 0.296. The number of para-hydroxylation sites is 1. The number of carbonyl (C=O) groups is 1. The normalized spacial score (nSPS) is 14.6. The summed E-state index contributed by atoms with van der Waals surface area (Å²) in [7, 11) is 0. The zero-order chi connectivity index (χ0) is 23.5. The summed E-state index contributed by atoms with van der Waals surface area (Å²) in [4.78, 5) is 23.4. The van der Waals surface area contributed by atoms with Crippen molar-refractivity contribution in [2.24, 2.45) is 0 Å². The molecule has 1 fully saturated rings. The lowest BCUT2D eigenvalue weighted by Crippen LogP contribution is -2.48. The van der Waals surface area contributed by atoms with Crippen molar-refractivity contribution in [1.29, 1.82) is 0 Å². The quantitative estimate of drug-likeness (QED) is 0.364. The van der Waals surface area contributed by atoms with Crippen molar-refractivity contribution in [2.75, 3.05) is 26.2 Å². The molecule has 174 valence electrons. The molecule has 6 nitrogen and oxygen atoms in total. The number of amides is 1. The monoisotopic (exact) mass is 472 g/mol. The van der Waals surface area contributed by atoms with Crippen molar-refractivity contribution in [3.63, 3.8) is 0 Å². The Kier molecular flexibility index (Phi) is 6.65. The van der Waals surface area contributed by atoms with Gasteiger partial charge in [0.2, 0.25) is 0 Å². The average Bonchev–Trinajstić information content (AvgIpc) is 3.20. The molecule has 1 aliphatic rings. The van der Waals surface area contributed by atoms with Gasteiger partial charge in [-0.15, -0.1) is 11.8 Å². The third-order valence-electron chi connectivity index (χ3n) is 6.44. The zero-order valence-corrected chi connectivity index (χ0v) is 20.3. The predicted octanol–water partition coefficient (Wildman–Crippen LogP) is 5.09. The Morgan fingerprint density at radius 2 is 1.79 bits per heavy atom. The van der Waals surface area contributed by atoms with E-state index < -0.39 is 0 Å². The molecule has 0 unspecified atom stereocenters. The van der Waals surface area contributed by atoms with Crippen LogP contribution in [-0.2, 0) is 12.3 Å². The Hall–Kier alpha value is -3.16. The molecule has 34 heavy (non-hydrogen) atoms. The predicted molar refractivity (Wildman–Crippen MR) is 135 cm³/mol. The van der Waals surface area contributed by atoms with Gasteiger partial charge < -0.3 is 9.42 Å². The molecule has 7 heteroatoms. The maximum absolute atomic E-state index is 13.4. The highest BCUT2D eigenvalue weighted by Crippen LogP contribution is 2.30. The lowest BCUT2D eigenvalue weighted by molar-refractivity contribution is 0.0625. The molecule has 0 spiro atoms. The molecule has 2 aromatic carbocycles. The van der Waals surface area contributed by atoms with Gasteiger partial charge in [-0.1, -0.05) is 41.6 Å². The zero-order valence-electron chi connectivity index (χ0n) is 19.5. The number of thioether (sulfide) groups is 1. The highest BCUT2D eigenvalue weighted by Gasteiger charge is 2.24. The van der Waals surface area contributed by atoms with E-state index in [2.05, 4.69) is 39.3 Å². The maximum Gasteiger partial charge on any atom is 0.255 e. The van der Waals surface area contributed by atoms with Crippen molar-refractivity contribution in [2.45, 2.75) is 31.0 Å². The van der Waals surface area contributed by atoms with Crippen LogP contribution in [0.25, 0.3) is 10.9 Å². The number of piperazine rings is 1. The van der Waals surface area contributed by atoms with Crippen molar-refractivity contribution in [1.82, 2.24) is 19.9 Å². The number of benzene rings is 2. The van der Waals surface area contributed by atoms with Crippen molar-refractivity contribution in [3.05, 3.63) is 88.9 Å². The fourth-order valence-corrected chi connectivity index (χ4v) is 5.64. The summed E-state index contributed by atoms with van der Waals surface area (Å²) in [6.07, 6.45) is 1.85. The summed E-state index contributed by atoms with van der Waals surface area (Å²) in [5.41, 5.74) is 5.08. The number of aryl methyl sites for hydroxylation is 2. The van der Waals surface area contributed by atoms with Crippen molar-refractivity contribution < 1.29 is 9.32 Å². The van der Waals surface area contributed by atoms with E-state index in [4.69, 9.17) is 4.52 Å². The largest absolute Gasteiger partial charge is 0.361 e. The Morgan fingerprint density at radius 3 is 2.59 bits per heavy atom. The standard InChI is InChI=1S/C27H28N4O2S/c1-19-24(20(2)33-29-19)18-34-25-11-4-3-10-23(25)27(32)31-15-13-30(14-16-31)17-22-8-5-7-21-9-6-12-28-26(21)22/h3-12H,13-18H2,1-2H3. The van der Waals surface area contributed by atoms with Crippen LogP contribution in [0, 0.1) is 13.8 Å². The molecule has 0 aliphatic carbocycles. The summed E-state index contributed by atoms with van der Waals surface area (Å²) in [5, 5.41) is 5.21. The summed E-state index contributed by atoms with van der Waals surface area (Å²) in [6.45, 7) is 7.88. The minimum absolute atomic E-state index is 0.105. The Bertz CT molecular complexity index is 1290. The van der Waals surface area contributed by atoms with Crippen LogP contribution in [0.1, 0.15) is 32.9 Å². The van der Waals surface area contributed by atoms with E-state index >= 15 is 0 Å². The topological polar surface area (TPSA) is 62.5 Å². The van der Waals surface area contributed by atoms with E-state index in [9.17, 15) is 4.79 Å². The molecule has 4 aromatic rings. The number of hydrogen-bond donors (Lipinski definition) is 0. The number of hydrogen-bond acceptors (Lipinski definition) is 6. The molecule has 0 atom stereocenters. The van der Waals surface area contributed by atoms with Gasteiger partial charge in [0, 0.05) is 60.5 Å². The van der Waals surface area contributed by atoms with Crippen LogP contribution in [0.3, 0.4) is 0 Å². The van der Waals surface area contributed by atoms with Gasteiger partial charge in [0.1, 0.15) is 5.76 Å². The van der Waals surface area contributed by atoms with Crippen LogP contribution >= 0.6 is 11.8 Å². The molecular formula is C27H28N4O2S. The Labute approximate surface area is 203 Å². The van der Waals surface area contributed by atoms with Crippen LogP contribution in [0.15, 0.2) is 70.2 Å². The molecule has 3 heterocycles.